The van der Waals surface area contributed by atoms with Gasteiger partial charge in [0.1, 0.15) is 0 Å². The Morgan fingerprint density at radius 3 is 2.00 bits per heavy atom. The van der Waals surface area contributed by atoms with Crippen LogP contribution >= 0.6 is 0 Å². The van der Waals surface area contributed by atoms with Gasteiger partial charge >= 0.3 is 0 Å². The largest absolute Gasteiger partial charge is 0.399 e. The van der Waals surface area contributed by atoms with Crippen LogP contribution in [0.2, 0.25) is 0 Å². The summed E-state index contributed by atoms with van der Waals surface area (Å²) in [5, 5.41) is 0. The molecule has 0 bridgehead atoms. The van der Waals surface area contributed by atoms with Gasteiger partial charge in [-0.2, -0.15) is 0 Å². The van der Waals surface area contributed by atoms with Crippen molar-refractivity contribution in [2.75, 3.05) is 0 Å². The third-order valence-electron chi connectivity index (χ3n) is 1.56. The van der Waals surface area contributed by atoms with Gasteiger partial charge in [0.2, 0.25) is 0 Å². The summed E-state index contributed by atoms with van der Waals surface area (Å²) < 4.78 is 0. The normalized spacial score (nSPS) is 13.3. The summed E-state index contributed by atoms with van der Waals surface area (Å²) in [4.78, 5) is 0. The Balaban J connectivity index is 4.63. The topological polar surface area (TPSA) is 26.0 Å². The van der Waals surface area contributed by atoms with E-state index in [-0.39, 0.29) is 5.41 Å². The van der Waals surface area contributed by atoms with Gasteiger partial charge in [0.15, 0.2) is 0 Å². The third kappa shape index (κ3) is 3.26. The van der Waals surface area contributed by atoms with E-state index in [2.05, 4.69) is 40.3 Å². The molecule has 11 heavy (non-hydrogen) atoms. The molecule has 0 fully saturated rings. The molecule has 64 valence electrons. The summed E-state index contributed by atoms with van der Waals surface area (Å²) >= 11 is 0. The van der Waals surface area contributed by atoms with Crippen molar-refractivity contribution >= 4 is 0 Å². The van der Waals surface area contributed by atoms with Crippen molar-refractivity contribution in [3.63, 3.8) is 0 Å². The van der Waals surface area contributed by atoms with Crippen molar-refractivity contribution in [2.24, 2.45) is 11.1 Å². The van der Waals surface area contributed by atoms with Gasteiger partial charge in [-0.3, -0.25) is 0 Å². The molecular formula is C10H19N. The van der Waals surface area contributed by atoms with Gasteiger partial charge in [0, 0.05) is 5.70 Å². The molecule has 0 radical (unpaired) electrons. The number of rotatable bonds is 2. The Morgan fingerprint density at radius 1 is 1.45 bits per heavy atom. The van der Waals surface area contributed by atoms with Crippen LogP contribution in [0.5, 0.6) is 0 Å². The van der Waals surface area contributed by atoms with E-state index < -0.39 is 0 Å². The molecule has 2 N–H and O–H groups in total. The standard InChI is InChI=1S/C10H19N/c1-6-7-9(8(2)11)10(3,4)5/h7H,2,6,11H2,1,3-5H3/b9-7+. The first-order chi connectivity index (χ1) is 4.89. The van der Waals surface area contributed by atoms with Gasteiger partial charge in [-0.05, 0) is 17.4 Å². The summed E-state index contributed by atoms with van der Waals surface area (Å²) in [5.41, 5.74) is 7.63. The minimum Gasteiger partial charge on any atom is -0.399 e. The zero-order chi connectivity index (χ0) is 9.07. The van der Waals surface area contributed by atoms with Crippen LogP contribution in [-0.4, -0.2) is 0 Å². The van der Waals surface area contributed by atoms with Gasteiger partial charge in [0.25, 0.3) is 0 Å². The first kappa shape index (κ1) is 10.3. The Labute approximate surface area is 70.0 Å². The van der Waals surface area contributed by atoms with Crippen LogP contribution in [0.1, 0.15) is 34.1 Å². The Bertz CT molecular complexity index is 170. The number of allylic oxidation sites excluding steroid dienone is 2. The molecule has 0 aromatic heterocycles. The van der Waals surface area contributed by atoms with Crippen molar-refractivity contribution in [1.82, 2.24) is 0 Å². The van der Waals surface area contributed by atoms with Crippen molar-refractivity contribution < 1.29 is 0 Å². The fourth-order valence-electron chi connectivity index (χ4n) is 1.12. The maximum atomic E-state index is 5.65. The van der Waals surface area contributed by atoms with Gasteiger partial charge in [0.05, 0.1) is 0 Å². The van der Waals surface area contributed by atoms with E-state index in [0.29, 0.717) is 5.70 Å². The maximum absolute atomic E-state index is 5.65. The van der Waals surface area contributed by atoms with Crippen molar-refractivity contribution in [3.8, 4) is 0 Å². The SMILES string of the molecule is C=C(N)/C(=C\CC)C(C)(C)C. The van der Waals surface area contributed by atoms with E-state index >= 15 is 0 Å². The molecule has 0 heterocycles. The number of hydrogen-bond donors (Lipinski definition) is 1. The van der Waals surface area contributed by atoms with E-state index in [0.717, 1.165) is 6.42 Å². The average molecular weight is 153 g/mol. The van der Waals surface area contributed by atoms with Gasteiger partial charge in [-0.15, -0.1) is 0 Å². The summed E-state index contributed by atoms with van der Waals surface area (Å²) in [5.74, 6) is 0. The first-order valence-corrected chi connectivity index (χ1v) is 4.05. The van der Waals surface area contributed by atoms with Crippen molar-refractivity contribution in [2.45, 2.75) is 34.1 Å². The van der Waals surface area contributed by atoms with E-state index in [1.54, 1.807) is 0 Å². The van der Waals surface area contributed by atoms with E-state index in [1.165, 1.54) is 5.57 Å². The zero-order valence-corrected chi connectivity index (χ0v) is 8.07. The lowest BCUT2D eigenvalue weighted by molar-refractivity contribution is 0.507. The molecule has 0 unspecified atom stereocenters. The molecule has 0 saturated carbocycles. The predicted molar refractivity (Wildman–Crippen MR) is 51.2 cm³/mol. The lowest BCUT2D eigenvalue weighted by atomic mass is 9.84. The molecule has 0 spiro atoms. The molecule has 0 amide bonds. The highest BCUT2D eigenvalue weighted by atomic mass is 14.6. The maximum Gasteiger partial charge on any atom is 0.0275 e. The number of hydrogen-bond acceptors (Lipinski definition) is 1. The molecule has 0 aliphatic rings. The molecule has 0 aromatic rings. The second kappa shape index (κ2) is 3.61. The Kier molecular flexibility index (Phi) is 3.37. The minimum absolute atomic E-state index is 0.127. The average Bonchev–Trinajstić information content (AvgIpc) is 1.79. The van der Waals surface area contributed by atoms with Crippen molar-refractivity contribution in [3.05, 3.63) is 23.9 Å². The van der Waals surface area contributed by atoms with Crippen LogP contribution in [-0.2, 0) is 0 Å². The monoisotopic (exact) mass is 153 g/mol. The zero-order valence-electron chi connectivity index (χ0n) is 8.07. The summed E-state index contributed by atoms with van der Waals surface area (Å²) in [6.07, 6.45) is 3.16. The summed E-state index contributed by atoms with van der Waals surface area (Å²) in [7, 11) is 0. The highest BCUT2D eigenvalue weighted by Gasteiger charge is 2.16. The molecule has 0 rings (SSSR count). The molecule has 1 nitrogen and oxygen atoms in total. The van der Waals surface area contributed by atoms with Gasteiger partial charge < -0.3 is 5.73 Å². The quantitative estimate of drug-likeness (QED) is 0.606. The third-order valence-corrected chi connectivity index (χ3v) is 1.56. The van der Waals surface area contributed by atoms with Gasteiger partial charge in [-0.25, -0.2) is 0 Å². The summed E-state index contributed by atoms with van der Waals surface area (Å²) in [6.45, 7) is 12.3. The van der Waals surface area contributed by atoms with Crippen LogP contribution in [0, 0.1) is 5.41 Å². The number of nitrogens with two attached hydrogens (primary N) is 1. The van der Waals surface area contributed by atoms with E-state index in [1.807, 2.05) is 0 Å². The van der Waals surface area contributed by atoms with Crippen molar-refractivity contribution in [1.29, 1.82) is 0 Å². The van der Waals surface area contributed by atoms with E-state index in [4.69, 9.17) is 5.73 Å². The van der Waals surface area contributed by atoms with Crippen LogP contribution in [0.3, 0.4) is 0 Å². The molecule has 0 aromatic carbocycles. The Morgan fingerprint density at radius 2 is 1.91 bits per heavy atom. The summed E-state index contributed by atoms with van der Waals surface area (Å²) in [6, 6.07) is 0. The highest BCUT2D eigenvalue weighted by molar-refractivity contribution is 5.30. The van der Waals surface area contributed by atoms with Crippen LogP contribution in [0.4, 0.5) is 0 Å². The van der Waals surface area contributed by atoms with Crippen LogP contribution in [0.15, 0.2) is 23.9 Å². The first-order valence-electron chi connectivity index (χ1n) is 4.05. The molecule has 0 aliphatic carbocycles. The predicted octanol–water partition coefficient (Wildman–Crippen LogP) is 2.84. The van der Waals surface area contributed by atoms with Gasteiger partial charge in [-0.1, -0.05) is 40.3 Å². The smallest absolute Gasteiger partial charge is 0.0275 e. The lowest BCUT2D eigenvalue weighted by Gasteiger charge is -2.22. The molecule has 1 heteroatoms. The molecule has 0 aliphatic heterocycles. The second-order valence-electron chi connectivity index (χ2n) is 3.80. The van der Waals surface area contributed by atoms with Crippen LogP contribution < -0.4 is 5.73 Å². The van der Waals surface area contributed by atoms with Crippen LogP contribution in [0.25, 0.3) is 0 Å². The second-order valence-corrected chi connectivity index (χ2v) is 3.80. The minimum atomic E-state index is 0.127. The molecule has 0 saturated heterocycles. The fourth-order valence-corrected chi connectivity index (χ4v) is 1.12. The molecular weight excluding hydrogens is 134 g/mol. The highest BCUT2D eigenvalue weighted by Crippen LogP contribution is 2.28. The lowest BCUT2D eigenvalue weighted by Crippen LogP contribution is -2.15. The Hall–Kier alpha value is -0.720. The molecule has 0 atom stereocenters. The fraction of sp³-hybridized carbons (Fsp3) is 0.600. The van der Waals surface area contributed by atoms with E-state index in [9.17, 15) is 0 Å².